The molecule has 1 saturated heterocycles. The minimum Gasteiger partial charge on any atom is -0.616 e. The third kappa shape index (κ3) is 2.40. The largest absolute Gasteiger partial charge is 0.616 e. The molecule has 0 unspecified atom stereocenters. The molecule has 1 N–H and O–H groups in total. The molecule has 0 spiro atoms. The second-order valence-corrected chi connectivity index (χ2v) is 5.52. The van der Waals surface area contributed by atoms with Gasteiger partial charge in [-0.05, 0) is 23.3 Å². The molecule has 1 aliphatic heterocycles. The lowest BCUT2D eigenvalue weighted by molar-refractivity contribution is -0.384. The minimum atomic E-state index is -0.776. The van der Waals surface area contributed by atoms with Crippen LogP contribution in [0.5, 0.6) is 0 Å². The summed E-state index contributed by atoms with van der Waals surface area (Å²) in [6.45, 7) is 0. The van der Waals surface area contributed by atoms with Crippen molar-refractivity contribution in [3.8, 4) is 0 Å². The van der Waals surface area contributed by atoms with E-state index >= 15 is 0 Å². The van der Waals surface area contributed by atoms with E-state index in [1.807, 2.05) is 0 Å². The molecule has 7 heteroatoms. The first-order valence-electron chi connectivity index (χ1n) is 4.61. The normalized spacial score (nSPS) is 23.6. The van der Waals surface area contributed by atoms with Crippen LogP contribution in [0.15, 0.2) is 18.2 Å². The van der Waals surface area contributed by atoms with Crippen LogP contribution in [0.3, 0.4) is 0 Å². The second-order valence-electron chi connectivity index (χ2n) is 3.53. The monoisotopic (exact) mass is 260 g/mol. The molecule has 1 heterocycles. The number of anilines is 1. The van der Waals surface area contributed by atoms with Crippen LogP contribution < -0.4 is 5.32 Å². The maximum absolute atomic E-state index is 10.9. The van der Waals surface area contributed by atoms with Crippen molar-refractivity contribution >= 4 is 34.2 Å². The molecule has 1 aromatic rings. The molecule has 16 heavy (non-hydrogen) atoms. The summed E-state index contributed by atoms with van der Waals surface area (Å²) in [6, 6.07) is 4.52. The van der Waals surface area contributed by atoms with Crippen LogP contribution in [-0.2, 0) is 11.2 Å². The van der Waals surface area contributed by atoms with E-state index in [0.717, 1.165) is 0 Å². The smallest absolute Gasteiger partial charge is 0.293 e. The van der Waals surface area contributed by atoms with Gasteiger partial charge in [0, 0.05) is 11.1 Å². The van der Waals surface area contributed by atoms with E-state index in [1.54, 1.807) is 12.1 Å². The molecule has 0 atom stereocenters. The van der Waals surface area contributed by atoms with Crippen molar-refractivity contribution in [2.45, 2.75) is 6.04 Å². The molecule has 1 aliphatic rings. The predicted octanol–water partition coefficient (Wildman–Crippen LogP) is 1.79. The van der Waals surface area contributed by atoms with Crippen molar-refractivity contribution in [2.75, 3.05) is 16.8 Å². The molecule has 0 saturated carbocycles. The first kappa shape index (κ1) is 11.5. The van der Waals surface area contributed by atoms with Gasteiger partial charge in [0.2, 0.25) is 0 Å². The standard InChI is InChI=1S/C9H9ClN2O3S/c10-6-1-2-8(9(3-6)12(13)14)11-7-4-16(15)5-7/h1-3,7,11H,4-5H2. The third-order valence-corrected chi connectivity index (χ3v) is 4.07. The molecule has 0 amide bonds. The van der Waals surface area contributed by atoms with E-state index in [9.17, 15) is 14.7 Å². The Kier molecular flexibility index (Phi) is 3.22. The Balaban J connectivity index is 2.16. The van der Waals surface area contributed by atoms with Crippen molar-refractivity contribution in [1.82, 2.24) is 0 Å². The van der Waals surface area contributed by atoms with Gasteiger partial charge in [-0.3, -0.25) is 10.1 Å². The maximum Gasteiger partial charge on any atom is 0.293 e. The molecular weight excluding hydrogens is 252 g/mol. The first-order valence-corrected chi connectivity index (χ1v) is 6.48. The highest BCUT2D eigenvalue weighted by molar-refractivity contribution is 7.92. The molecule has 0 aliphatic carbocycles. The summed E-state index contributed by atoms with van der Waals surface area (Å²) in [7, 11) is 0. The number of nitro benzene ring substituents is 1. The van der Waals surface area contributed by atoms with Gasteiger partial charge in [0.25, 0.3) is 5.69 Å². The Morgan fingerprint density at radius 2 is 2.19 bits per heavy atom. The summed E-state index contributed by atoms with van der Waals surface area (Å²) < 4.78 is 10.9. The van der Waals surface area contributed by atoms with Gasteiger partial charge in [0.1, 0.15) is 23.2 Å². The van der Waals surface area contributed by atoms with Crippen molar-refractivity contribution in [3.05, 3.63) is 33.3 Å². The third-order valence-electron chi connectivity index (χ3n) is 2.29. The molecule has 2 rings (SSSR count). The quantitative estimate of drug-likeness (QED) is 0.511. The summed E-state index contributed by atoms with van der Waals surface area (Å²) in [5.74, 6) is 1.08. The van der Waals surface area contributed by atoms with Crippen molar-refractivity contribution < 1.29 is 9.48 Å². The number of halogens is 1. The number of rotatable bonds is 3. The topological polar surface area (TPSA) is 78.2 Å². The zero-order chi connectivity index (χ0) is 11.7. The average Bonchev–Trinajstić information content (AvgIpc) is 2.17. The fraction of sp³-hybridized carbons (Fsp3) is 0.333. The van der Waals surface area contributed by atoms with Crippen LogP contribution in [0.2, 0.25) is 5.02 Å². The lowest BCUT2D eigenvalue weighted by Gasteiger charge is -2.29. The van der Waals surface area contributed by atoms with E-state index in [1.165, 1.54) is 6.07 Å². The van der Waals surface area contributed by atoms with E-state index in [0.29, 0.717) is 22.2 Å². The summed E-state index contributed by atoms with van der Waals surface area (Å²) >= 11 is 4.91. The number of hydrogen-bond acceptors (Lipinski definition) is 4. The minimum absolute atomic E-state index is 0.0508. The summed E-state index contributed by atoms with van der Waals surface area (Å²) in [5.41, 5.74) is 0.376. The van der Waals surface area contributed by atoms with E-state index in [2.05, 4.69) is 5.32 Å². The van der Waals surface area contributed by atoms with Gasteiger partial charge < -0.3 is 9.87 Å². The summed E-state index contributed by atoms with van der Waals surface area (Å²) in [4.78, 5) is 10.3. The molecule has 5 nitrogen and oxygen atoms in total. The van der Waals surface area contributed by atoms with Gasteiger partial charge in [-0.1, -0.05) is 11.6 Å². The Bertz CT molecular complexity index is 423. The molecule has 0 aromatic heterocycles. The number of hydrogen-bond donors (Lipinski definition) is 1. The van der Waals surface area contributed by atoms with Crippen LogP contribution in [0, 0.1) is 10.1 Å². The number of benzene rings is 1. The fourth-order valence-electron chi connectivity index (χ4n) is 1.48. The number of nitrogens with one attached hydrogen (secondary N) is 1. The molecule has 1 aromatic carbocycles. The van der Waals surface area contributed by atoms with Crippen molar-refractivity contribution in [2.24, 2.45) is 0 Å². The van der Waals surface area contributed by atoms with Crippen LogP contribution >= 0.6 is 11.6 Å². The van der Waals surface area contributed by atoms with Crippen LogP contribution in [-0.4, -0.2) is 27.0 Å². The maximum atomic E-state index is 10.9. The van der Waals surface area contributed by atoms with E-state index in [-0.39, 0.29) is 11.7 Å². The highest BCUT2D eigenvalue weighted by Crippen LogP contribution is 2.29. The van der Waals surface area contributed by atoms with Crippen LogP contribution in [0.1, 0.15) is 0 Å². The molecule has 0 bridgehead atoms. The van der Waals surface area contributed by atoms with Gasteiger partial charge in [-0.15, -0.1) is 0 Å². The Labute approximate surface area is 100 Å². The Morgan fingerprint density at radius 1 is 1.50 bits per heavy atom. The van der Waals surface area contributed by atoms with Crippen LogP contribution in [0.4, 0.5) is 11.4 Å². The summed E-state index contributed by atoms with van der Waals surface area (Å²) in [6.07, 6.45) is 0. The zero-order valence-corrected chi connectivity index (χ0v) is 9.75. The average molecular weight is 261 g/mol. The molecule has 1 fully saturated rings. The molecular formula is C9H9ClN2O3S. The van der Waals surface area contributed by atoms with Gasteiger partial charge in [0.15, 0.2) is 0 Å². The lowest BCUT2D eigenvalue weighted by atomic mass is 10.2. The lowest BCUT2D eigenvalue weighted by Crippen LogP contribution is -2.46. The predicted molar refractivity (Wildman–Crippen MR) is 63.4 cm³/mol. The molecule has 0 radical (unpaired) electrons. The zero-order valence-electron chi connectivity index (χ0n) is 8.18. The molecule has 86 valence electrons. The van der Waals surface area contributed by atoms with Gasteiger partial charge in [-0.25, -0.2) is 0 Å². The Morgan fingerprint density at radius 3 is 2.75 bits per heavy atom. The van der Waals surface area contributed by atoms with Crippen molar-refractivity contribution in [1.29, 1.82) is 0 Å². The number of nitrogens with zero attached hydrogens (tertiary/aromatic N) is 1. The number of nitro groups is 1. The SMILES string of the molecule is O=[N+]([O-])c1cc(Cl)ccc1NC1C[S+]([O-])C1. The first-order chi connectivity index (χ1) is 7.56. The highest BCUT2D eigenvalue weighted by Gasteiger charge is 2.32. The van der Waals surface area contributed by atoms with Gasteiger partial charge >= 0.3 is 0 Å². The Hall–Kier alpha value is -0.980. The highest BCUT2D eigenvalue weighted by atomic mass is 35.5. The fourth-order valence-corrected chi connectivity index (χ4v) is 2.61. The second kappa shape index (κ2) is 4.48. The van der Waals surface area contributed by atoms with Gasteiger partial charge in [0.05, 0.1) is 4.92 Å². The van der Waals surface area contributed by atoms with Crippen LogP contribution in [0.25, 0.3) is 0 Å². The van der Waals surface area contributed by atoms with E-state index < -0.39 is 16.1 Å². The van der Waals surface area contributed by atoms with E-state index in [4.69, 9.17) is 11.6 Å². The summed E-state index contributed by atoms with van der Waals surface area (Å²) in [5, 5.41) is 14.1. The van der Waals surface area contributed by atoms with Crippen molar-refractivity contribution in [3.63, 3.8) is 0 Å². The van der Waals surface area contributed by atoms with Gasteiger partial charge in [-0.2, -0.15) is 0 Å².